The van der Waals surface area contributed by atoms with E-state index in [1.807, 2.05) is 30.6 Å². The lowest BCUT2D eigenvalue weighted by atomic mass is 10.0. The van der Waals surface area contributed by atoms with E-state index in [0.29, 0.717) is 6.42 Å². The number of Topliss-reactive ketones (excluding diaryl/α,β-unsaturated/α-hetero) is 1. The number of aryl methyl sites for hydroxylation is 1. The lowest BCUT2D eigenvalue weighted by Crippen LogP contribution is -2.47. The summed E-state index contributed by atoms with van der Waals surface area (Å²) in [5.41, 5.74) is 3.97. The minimum atomic E-state index is 0. The molecule has 8 heteroatoms. The summed E-state index contributed by atoms with van der Waals surface area (Å²) in [6.07, 6.45) is 4.24. The summed E-state index contributed by atoms with van der Waals surface area (Å²) in [7, 11) is 0. The normalized spacial score (nSPS) is 16.1. The minimum absolute atomic E-state index is 0. The quantitative estimate of drug-likeness (QED) is 0.655. The van der Waals surface area contributed by atoms with Gasteiger partial charge in [0, 0.05) is 62.8 Å². The van der Waals surface area contributed by atoms with Crippen molar-refractivity contribution in [2.75, 3.05) is 36.0 Å². The number of nitrogens with zero attached hydrogens (tertiary/aromatic N) is 5. The summed E-state index contributed by atoms with van der Waals surface area (Å²) >= 11 is 0. The van der Waals surface area contributed by atoms with Gasteiger partial charge in [-0.1, -0.05) is 6.07 Å². The summed E-state index contributed by atoms with van der Waals surface area (Å²) in [5, 5.41) is 0. The van der Waals surface area contributed by atoms with Crippen LogP contribution in [0, 0.1) is 0 Å². The second kappa shape index (κ2) is 7.74. The first-order valence-corrected chi connectivity index (χ1v) is 8.73. The number of piperazine rings is 1. The Morgan fingerprint density at radius 3 is 2.30 bits per heavy atom. The first-order valence-electron chi connectivity index (χ1n) is 8.73. The molecule has 142 valence electrons. The smallest absolute Gasteiger partial charge is 0.206 e. The van der Waals surface area contributed by atoms with Crippen LogP contribution in [-0.4, -0.2) is 46.5 Å². The minimum Gasteiger partial charge on any atom is -0.368 e. The predicted octanol–water partition coefficient (Wildman–Crippen LogP) is 3.19. The van der Waals surface area contributed by atoms with Crippen LogP contribution in [0.4, 0.5) is 11.6 Å². The summed E-state index contributed by atoms with van der Waals surface area (Å²) in [5.74, 6) is 1.23. The average Bonchev–Trinajstić information content (AvgIpc) is 3.05. The number of ketones is 1. The first-order chi connectivity index (χ1) is 12.3. The highest BCUT2D eigenvalue weighted by Gasteiger charge is 2.27. The molecule has 0 N–H and O–H groups in total. The Hall–Kier alpha value is -2.31. The van der Waals surface area contributed by atoms with Crippen molar-refractivity contribution in [3.05, 3.63) is 48.3 Å². The van der Waals surface area contributed by atoms with Crippen LogP contribution in [0.25, 0.3) is 11.0 Å². The molecular formula is C19H21Cl2N5O. The Labute approximate surface area is 170 Å². The molecule has 2 aromatic heterocycles. The lowest BCUT2D eigenvalue weighted by Gasteiger charge is -2.37. The zero-order chi connectivity index (χ0) is 16.8. The molecule has 1 fully saturated rings. The second-order valence-electron chi connectivity index (χ2n) is 6.59. The van der Waals surface area contributed by atoms with Crippen LogP contribution in [0.3, 0.4) is 0 Å². The van der Waals surface area contributed by atoms with Crippen molar-refractivity contribution in [3.8, 4) is 0 Å². The molecule has 0 amide bonds. The van der Waals surface area contributed by atoms with Crippen LogP contribution in [0.2, 0.25) is 0 Å². The Balaban J connectivity index is 0.00000105. The van der Waals surface area contributed by atoms with E-state index in [2.05, 4.69) is 31.5 Å². The van der Waals surface area contributed by atoms with Gasteiger partial charge in [-0.15, -0.1) is 24.8 Å². The molecule has 2 aliphatic heterocycles. The Morgan fingerprint density at radius 1 is 0.852 bits per heavy atom. The van der Waals surface area contributed by atoms with E-state index in [0.717, 1.165) is 55.3 Å². The Bertz CT molecular complexity index is 951. The third-order valence-electron chi connectivity index (χ3n) is 5.20. The van der Waals surface area contributed by atoms with Crippen molar-refractivity contribution in [1.82, 2.24) is 14.5 Å². The predicted molar refractivity (Wildman–Crippen MR) is 112 cm³/mol. The second-order valence-corrected chi connectivity index (χ2v) is 6.59. The summed E-state index contributed by atoms with van der Waals surface area (Å²) in [4.78, 5) is 25.9. The van der Waals surface area contributed by atoms with Gasteiger partial charge < -0.3 is 14.4 Å². The zero-order valence-corrected chi connectivity index (χ0v) is 16.4. The van der Waals surface area contributed by atoms with Gasteiger partial charge >= 0.3 is 0 Å². The zero-order valence-electron chi connectivity index (χ0n) is 14.7. The van der Waals surface area contributed by atoms with Crippen LogP contribution >= 0.6 is 24.8 Å². The number of carbonyl (C=O) groups is 1. The maximum absolute atomic E-state index is 12.2. The topological polar surface area (TPSA) is 54.3 Å². The number of carbonyl (C=O) groups excluding carboxylic acids is 1. The highest BCUT2D eigenvalue weighted by Crippen LogP contribution is 2.31. The van der Waals surface area contributed by atoms with Crippen LogP contribution in [-0.2, 0) is 6.54 Å². The van der Waals surface area contributed by atoms with Crippen molar-refractivity contribution in [2.45, 2.75) is 13.0 Å². The molecule has 1 aromatic carbocycles. The van der Waals surface area contributed by atoms with Gasteiger partial charge in [-0.2, -0.15) is 0 Å². The third kappa shape index (κ3) is 3.24. The van der Waals surface area contributed by atoms with Gasteiger partial charge in [-0.25, -0.2) is 4.98 Å². The fourth-order valence-corrected chi connectivity index (χ4v) is 3.92. The maximum Gasteiger partial charge on any atom is 0.206 e. The van der Waals surface area contributed by atoms with Gasteiger partial charge in [-0.3, -0.25) is 9.78 Å². The highest BCUT2D eigenvalue weighted by molar-refractivity contribution is 6.08. The van der Waals surface area contributed by atoms with Gasteiger partial charge in [0.1, 0.15) is 0 Å². The molecule has 0 radical (unpaired) electrons. The Kier molecular flexibility index (Phi) is 5.58. The molecule has 3 aromatic rings. The molecule has 0 bridgehead atoms. The molecule has 5 rings (SSSR count). The number of rotatable bonds is 2. The first kappa shape index (κ1) is 19.5. The molecule has 1 saturated heterocycles. The molecule has 0 spiro atoms. The van der Waals surface area contributed by atoms with Crippen LogP contribution in [0.1, 0.15) is 16.8 Å². The van der Waals surface area contributed by atoms with Crippen LogP contribution < -0.4 is 9.80 Å². The van der Waals surface area contributed by atoms with Crippen LogP contribution in [0.15, 0.2) is 42.7 Å². The van der Waals surface area contributed by atoms with Crippen molar-refractivity contribution in [1.29, 1.82) is 0 Å². The SMILES string of the molecule is Cl.Cl.O=C1CCn2c(N3CCN(c4ccncc4)CC3)nc3cccc1c32. The number of hydrogen-bond donors (Lipinski definition) is 0. The molecule has 2 aliphatic rings. The van der Waals surface area contributed by atoms with Gasteiger partial charge in [0.25, 0.3) is 0 Å². The molecule has 6 nitrogen and oxygen atoms in total. The fourth-order valence-electron chi connectivity index (χ4n) is 3.92. The number of para-hydroxylation sites is 1. The van der Waals surface area contributed by atoms with E-state index in [4.69, 9.17) is 4.98 Å². The monoisotopic (exact) mass is 405 g/mol. The van der Waals surface area contributed by atoms with E-state index in [1.165, 1.54) is 5.69 Å². The van der Waals surface area contributed by atoms with Gasteiger partial charge in [0.2, 0.25) is 5.95 Å². The average molecular weight is 406 g/mol. The number of imidazole rings is 1. The number of hydrogen-bond acceptors (Lipinski definition) is 5. The molecule has 0 saturated carbocycles. The van der Waals surface area contributed by atoms with Crippen LogP contribution in [0.5, 0.6) is 0 Å². The lowest BCUT2D eigenvalue weighted by molar-refractivity contribution is 0.0973. The largest absolute Gasteiger partial charge is 0.368 e. The molecule has 0 unspecified atom stereocenters. The van der Waals surface area contributed by atoms with Gasteiger partial charge in [0.15, 0.2) is 5.78 Å². The van der Waals surface area contributed by atoms with E-state index in [1.54, 1.807) is 0 Å². The van der Waals surface area contributed by atoms with Gasteiger partial charge in [0.05, 0.1) is 11.0 Å². The van der Waals surface area contributed by atoms with Crippen molar-refractivity contribution >= 4 is 53.3 Å². The molecule has 4 heterocycles. The number of benzene rings is 1. The number of anilines is 2. The Morgan fingerprint density at radius 2 is 1.56 bits per heavy atom. The molecular weight excluding hydrogens is 385 g/mol. The van der Waals surface area contributed by atoms with Crippen molar-refractivity contribution < 1.29 is 4.79 Å². The molecule has 27 heavy (non-hydrogen) atoms. The number of halogens is 2. The molecule has 0 aliphatic carbocycles. The fraction of sp³-hybridized carbons (Fsp3) is 0.316. The van der Waals surface area contributed by atoms with E-state index >= 15 is 0 Å². The third-order valence-corrected chi connectivity index (χ3v) is 5.20. The van der Waals surface area contributed by atoms with Crippen molar-refractivity contribution in [3.63, 3.8) is 0 Å². The number of aromatic nitrogens is 3. The van der Waals surface area contributed by atoms with E-state index in [-0.39, 0.29) is 30.6 Å². The van der Waals surface area contributed by atoms with Crippen molar-refractivity contribution in [2.24, 2.45) is 0 Å². The molecule has 0 atom stereocenters. The van der Waals surface area contributed by atoms with E-state index in [9.17, 15) is 4.79 Å². The summed E-state index contributed by atoms with van der Waals surface area (Å²) in [6.45, 7) is 4.49. The van der Waals surface area contributed by atoms with Gasteiger partial charge in [-0.05, 0) is 24.3 Å². The summed E-state index contributed by atoms with van der Waals surface area (Å²) < 4.78 is 2.23. The van der Waals surface area contributed by atoms with E-state index < -0.39 is 0 Å². The highest BCUT2D eigenvalue weighted by atomic mass is 35.5. The maximum atomic E-state index is 12.2. The summed E-state index contributed by atoms with van der Waals surface area (Å²) in [6, 6.07) is 9.98. The number of pyridine rings is 1. The standard InChI is InChI=1S/C19H19N5O.2ClH/c25-17-6-9-24-18-15(17)2-1-3-16(18)21-19(24)23-12-10-22(11-13-23)14-4-7-20-8-5-14;;/h1-5,7-8H,6,9-13H2;2*1H.